The number of aliphatic hydroxyl groups is 1. The maximum Gasteiger partial charge on any atom is 0.0836 e. The van der Waals surface area contributed by atoms with Gasteiger partial charge in [0.05, 0.1) is 12.2 Å². The highest BCUT2D eigenvalue weighted by molar-refractivity contribution is 5.26. The van der Waals surface area contributed by atoms with E-state index in [1.807, 2.05) is 6.07 Å². The van der Waals surface area contributed by atoms with Crippen LogP contribution in [0, 0.1) is 5.92 Å². The highest BCUT2D eigenvalue weighted by Crippen LogP contribution is 2.50. The van der Waals surface area contributed by atoms with Crippen molar-refractivity contribution in [2.45, 2.75) is 43.8 Å². The van der Waals surface area contributed by atoms with Crippen LogP contribution in [0.4, 0.5) is 0 Å². The van der Waals surface area contributed by atoms with Gasteiger partial charge in [-0.2, -0.15) is 0 Å². The van der Waals surface area contributed by atoms with Crippen molar-refractivity contribution >= 4 is 0 Å². The zero-order valence-corrected chi connectivity index (χ0v) is 10.1. The van der Waals surface area contributed by atoms with E-state index >= 15 is 0 Å². The van der Waals surface area contributed by atoms with Gasteiger partial charge in [-0.25, -0.2) is 0 Å². The van der Waals surface area contributed by atoms with Gasteiger partial charge in [0.25, 0.3) is 0 Å². The molecule has 0 aromatic heterocycles. The topological polar surface area (TPSA) is 29.5 Å². The summed E-state index contributed by atoms with van der Waals surface area (Å²) in [4.78, 5) is 0. The Morgan fingerprint density at radius 3 is 2.71 bits per heavy atom. The molecular weight excluding hydrogens is 212 g/mol. The van der Waals surface area contributed by atoms with Crippen molar-refractivity contribution in [2.24, 2.45) is 5.92 Å². The van der Waals surface area contributed by atoms with Gasteiger partial charge in [-0.15, -0.1) is 0 Å². The van der Waals surface area contributed by atoms with Crippen molar-refractivity contribution in [1.29, 1.82) is 0 Å². The summed E-state index contributed by atoms with van der Waals surface area (Å²) in [6.45, 7) is 0.824. The van der Waals surface area contributed by atoms with Crippen LogP contribution < -0.4 is 0 Å². The van der Waals surface area contributed by atoms with Crippen LogP contribution in [-0.4, -0.2) is 23.9 Å². The highest BCUT2D eigenvalue weighted by atomic mass is 16.5. The minimum atomic E-state index is -0.263. The van der Waals surface area contributed by atoms with Gasteiger partial charge in [-0.1, -0.05) is 30.3 Å². The predicted molar refractivity (Wildman–Crippen MR) is 66.9 cm³/mol. The first-order valence-corrected chi connectivity index (χ1v) is 6.71. The number of aliphatic hydroxyl groups excluding tert-OH is 1. The maximum atomic E-state index is 10.3. The van der Waals surface area contributed by atoms with E-state index in [0.29, 0.717) is 11.8 Å². The molecule has 17 heavy (non-hydrogen) atoms. The first-order chi connectivity index (χ1) is 8.36. The third-order valence-corrected chi connectivity index (χ3v) is 4.10. The normalized spacial score (nSPS) is 34.3. The fourth-order valence-electron chi connectivity index (χ4n) is 2.99. The molecule has 3 rings (SSSR count). The van der Waals surface area contributed by atoms with E-state index in [4.69, 9.17) is 4.74 Å². The van der Waals surface area contributed by atoms with E-state index in [1.54, 1.807) is 0 Å². The molecule has 1 aromatic rings. The van der Waals surface area contributed by atoms with Gasteiger partial charge in [0.2, 0.25) is 0 Å². The van der Waals surface area contributed by atoms with Gasteiger partial charge < -0.3 is 9.84 Å². The largest absolute Gasteiger partial charge is 0.390 e. The summed E-state index contributed by atoms with van der Waals surface area (Å²) in [5.41, 5.74) is 1.37. The summed E-state index contributed by atoms with van der Waals surface area (Å²) >= 11 is 0. The summed E-state index contributed by atoms with van der Waals surface area (Å²) in [5, 5.41) is 10.3. The fourth-order valence-corrected chi connectivity index (χ4v) is 2.99. The summed E-state index contributed by atoms with van der Waals surface area (Å²) in [5.74, 6) is 0.970. The molecule has 1 aliphatic heterocycles. The summed E-state index contributed by atoms with van der Waals surface area (Å²) < 4.78 is 5.68. The lowest BCUT2D eigenvalue weighted by Gasteiger charge is -2.27. The maximum absolute atomic E-state index is 10.3. The Labute approximate surface area is 103 Å². The third-order valence-electron chi connectivity index (χ3n) is 4.10. The van der Waals surface area contributed by atoms with E-state index in [-0.39, 0.29) is 12.2 Å². The smallest absolute Gasteiger partial charge is 0.0836 e. The predicted octanol–water partition coefficient (Wildman–Crippen LogP) is 2.72. The Balaban J connectivity index is 1.60. The molecule has 2 aliphatic rings. The van der Waals surface area contributed by atoms with Crippen LogP contribution in [0.5, 0.6) is 0 Å². The first-order valence-electron chi connectivity index (χ1n) is 6.71. The molecule has 0 spiro atoms. The minimum Gasteiger partial charge on any atom is -0.390 e. The molecule has 1 saturated carbocycles. The Kier molecular flexibility index (Phi) is 3.17. The Morgan fingerprint density at radius 2 is 2.00 bits per heavy atom. The van der Waals surface area contributed by atoms with E-state index in [9.17, 15) is 5.11 Å². The van der Waals surface area contributed by atoms with Crippen molar-refractivity contribution < 1.29 is 9.84 Å². The van der Waals surface area contributed by atoms with Crippen LogP contribution in [-0.2, 0) is 4.74 Å². The fraction of sp³-hybridized carbons (Fsp3) is 0.600. The number of benzene rings is 1. The molecule has 2 heteroatoms. The second-order valence-corrected chi connectivity index (χ2v) is 5.31. The second kappa shape index (κ2) is 4.79. The Hall–Kier alpha value is -0.860. The Morgan fingerprint density at radius 1 is 1.18 bits per heavy atom. The Bertz CT molecular complexity index is 356. The van der Waals surface area contributed by atoms with E-state index < -0.39 is 0 Å². The molecule has 1 N–H and O–H groups in total. The highest BCUT2D eigenvalue weighted by Gasteiger charge is 2.46. The van der Waals surface area contributed by atoms with Crippen molar-refractivity contribution in [2.75, 3.05) is 6.61 Å². The van der Waals surface area contributed by atoms with Gasteiger partial charge in [0.1, 0.15) is 0 Å². The van der Waals surface area contributed by atoms with Gasteiger partial charge in [0.15, 0.2) is 0 Å². The molecule has 2 nitrogen and oxygen atoms in total. The lowest BCUT2D eigenvalue weighted by molar-refractivity contribution is -0.0701. The number of hydrogen-bond acceptors (Lipinski definition) is 2. The second-order valence-electron chi connectivity index (χ2n) is 5.31. The van der Waals surface area contributed by atoms with Crippen molar-refractivity contribution in [3.8, 4) is 0 Å². The molecule has 0 radical (unpaired) electrons. The molecule has 1 heterocycles. The van der Waals surface area contributed by atoms with Gasteiger partial charge in [-0.3, -0.25) is 0 Å². The quantitative estimate of drug-likeness (QED) is 0.868. The summed E-state index contributed by atoms with van der Waals surface area (Å²) in [6.07, 6.45) is 4.31. The zero-order chi connectivity index (χ0) is 11.7. The molecule has 1 saturated heterocycles. The standard InChI is InChI=1S/C15H20O2/c16-15(14-8-4-5-9-17-14)13-10-12(13)11-6-2-1-3-7-11/h1-3,6-7,12-16H,4-5,8-10H2. The summed E-state index contributed by atoms with van der Waals surface area (Å²) in [7, 11) is 0. The average molecular weight is 232 g/mol. The first kappa shape index (κ1) is 11.2. The molecule has 4 unspecified atom stereocenters. The van der Waals surface area contributed by atoms with Crippen LogP contribution in [0.3, 0.4) is 0 Å². The van der Waals surface area contributed by atoms with Crippen LogP contribution >= 0.6 is 0 Å². The molecule has 0 bridgehead atoms. The van der Waals surface area contributed by atoms with Gasteiger partial charge in [0, 0.05) is 6.61 Å². The summed E-state index contributed by atoms with van der Waals surface area (Å²) in [6, 6.07) is 10.5. The number of ether oxygens (including phenoxy) is 1. The van der Waals surface area contributed by atoms with Crippen molar-refractivity contribution in [3.63, 3.8) is 0 Å². The van der Waals surface area contributed by atoms with E-state index in [2.05, 4.69) is 24.3 Å². The monoisotopic (exact) mass is 232 g/mol. The number of hydrogen-bond donors (Lipinski definition) is 1. The van der Waals surface area contributed by atoms with Crippen molar-refractivity contribution in [1.82, 2.24) is 0 Å². The molecule has 4 atom stereocenters. The average Bonchev–Trinajstić information content (AvgIpc) is 3.20. The van der Waals surface area contributed by atoms with Crippen LogP contribution in [0.2, 0.25) is 0 Å². The molecule has 92 valence electrons. The van der Waals surface area contributed by atoms with Crippen LogP contribution in [0.1, 0.15) is 37.2 Å². The van der Waals surface area contributed by atoms with Gasteiger partial charge in [-0.05, 0) is 43.1 Å². The number of rotatable bonds is 3. The minimum absolute atomic E-state index is 0.0856. The zero-order valence-electron chi connectivity index (χ0n) is 10.1. The molecule has 1 aliphatic carbocycles. The lowest BCUT2D eigenvalue weighted by Crippen LogP contribution is -2.34. The van der Waals surface area contributed by atoms with Crippen molar-refractivity contribution in [3.05, 3.63) is 35.9 Å². The molecular formula is C15H20O2. The SMILES string of the molecule is OC(C1CCCCO1)C1CC1c1ccccc1. The third kappa shape index (κ3) is 2.38. The lowest BCUT2D eigenvalue weighted by atomic mass is 9.98. The molecule has 1 aromatic carbocycles. The van der Waals surface area contributed by atoms with E-state index in [0.717, 1.165) is 25.9 Å². The van der Waals surface area contributed by atoms with Crippen LogP contribution in [0.25, 0.3) is 0 Å². The van der Waals surface area contributed by atoms with Gasteiger partial charge >= 0.3 is 0 Å². The molecule has 2 fully saturated rings. The van der Waals surface area contributed by atoms with Crippen LogP contribution in [0.15, 0.2) is 30.3 Å². The molecule has 0 amide bonds. The van der Waals surface area contributed by atoms with E-state index in [1.165, 1.54) is 12.0 Å².